The predicted octanol–water partition coefficient (Wildman–Crippen LogP) is 2.37. The fraction of sp³-hybridized carbons (Fsp3) is 0.286. The summed E-state index contributed by atoms with van der Waals surface area (Å²) in [5.41, 5.74) is 3.24. The van der Waals surface area contributed by atoms with Crippen LogP contribution < -0.4 is 10.0 Å². The number of hydrogen-bond acceptors (Lipinski definition) is 4. The maximum absolute atomic E-state index is 12.6. The number of aromatic amines is 1. The molecule has 0 aliphatic carbocycles. The Morgan fingerprint density at radius 3 is 2.72 bits per heavy atom. The minimum absolute atomic E-state index is 0.0565. The topological polar surface area (TPSA) is 100 Å². The summed E-state index contributed by atoms with van der Waals surface area (Å²) in [4.78, 5) is 15.9. The zero-order chi connectivity index (χ0) is 20.9. The Morgan fingerprint density at radius 1 is 1.14 bits per heavy atom. The fourth-order valence-corrected chi connectivity index (χ4v) is 4.16. The number of fused-ring (bicyclic) bond motifs is 1. The number of methoxy groups -OCH3 is 1. The van der Waals surface area contributed by atoms with Crippen molar-refractivity contribution >= 4 is 26.8 Å². The van der Waals surface area contributed by atoms with E-state index in [0.29, 0.717) is 24.1 Å². The van der Waals surface area contributed by atoms with Crippen LogP contribution in [0.5, 0.6) is 0 Å². The second-order valence-electron chi connectivity index (χ2n) is 6.73. The van der Waals surface area contributed by atoms with Gasteiger partial charge in [0, 0.05) is 42.9 Å². The van der Waals surface area contributed by atoms with Gasteiger partial charge in [0.15, 0.2) is 0 Å². The van der Waals surface area contributed by atoms with Crippen LogP contribution in [0.4, 0.5) is 0 Å². The maximum atomic E-state index is 12.6. The lowest BCUT2D eigenvalue weighted by Crippen LogP contribution is -2.29. The number of sulfonamides is 1. The van der Waals surface area contributed by atoms with E-state index in [-0.39, 0.29) is 24.0 Å². The van der Waals surface area contributed by atoms with Crippen molar-refractivity contribution in [2.24, 2.45) is 0 Å². The summed E-state index contributed by atoms with van der Waals surface area (Å²) in [7, 11) is -2.20. The third-order valence-electron chi connectivity index (χ3n) is 4.72. The van der Waals surface area contributed by atoms with Crippen molar-refractivity contribution in [1.29, 1.82) is 0 Å². The summed E-state index contributed by atoms with van der Waals surface area (Å²) >= 11 is 0. The van der Waals surface area contributed by atoms with Crippen molar-refractivity contribution in [2.75, 3.05) is 26.8 Å². The molecule has 0 aliphatic rings. The first-order chi connectivity index (χ1) is 13.9. The van der Waals surface area contributed by atoms with Gasteiger partial charge in [0.25, 0.3) is 5.91 Å². The highest BCUT2D eigenvalue weighted by Gasteiger charge is 2.17. The number of benzene rings is 2. The number of nitrogens with one attached hydrogen (secondary N) is 3. The van der Waals surface area contributed by atoms with Gasteiger partial charge in [0.1, 0.15) is 0 Å². The van der Waals surface area contributed by atoms with E-state index in [4.69, 9.17) is 4.74 Å². The Kier molecular flexibility index (Phi) is 6.68. The molecule has 0 spiro atoms. The van der Waals surface area contributed by atoms with Gasteiger partial charge in [-0.15, -0.1) is 0 Å². The standard InChI is InChI=1S/C21H25N3O4S/c1-15-7-8-17(29(26,27)24-11-12-28-2)13-19(15)21(25)22-10-9-16-14-23-20-6-4-3-5-18(16)20/h3-8,13-14,23-24H,9-12H2,1-2H3,(H,22,25). The molecule has 0 fully saturated rings. The van der Waals surface area contributed by atoms with Gasteiger partial charge in [-0.1, -0.05) is 24.3 Å². The number of amides is 1. The zero-order valence-corrected chi connectivity index (χ0v) is 17.3. The van der Waals surface area contributed by atoms with Crippen molar-refractivity contribution in [3.63, 3.8) is 0 Å². The van der Waals surface area contributed by atoms with Crippen molar-refractivity contribution in [3.05, 3.63) is 65.4 Å². The van der Waals surface area contributed by atoms with Gasteiger partial charge in [0.05, 0.1) is 11.5 Å². The molecule has 1 amide bonds. The molecule has 0 saturated carbocycles. The number of carbonyl (C=O) groups excluding carboxylic acids is 1. The van der Waals surface area contributed by atoms with Crippen LogP contribution in [0, 0.1) is 6.92 Å². The second-order valence-corrected chi connectivity index (χ2v) is 8.50. The fourth-order valence-electron chi connectivity index (χ4n) is 3.12. The molecule has 1 aromatic heterocycles. The van der Waals surface area contributed by atoms with E-state index in [2.05, 4.69) is 15.0 Å². The van der Waals surface area contributed by atoms with E-state index in [1.54, 1.807) is 13.0 Å². The normalized spacial score (nSPS) is 11.7. The van der Waals surface area contributed by atoms with Crippen molar-refractivity contribution in [1.82, 2.24) is 15.0 Å². The molecule has 3 N–H and O–H groups in total. The van der Waals surface area contributed by atoms with Crippen molar-refractivity contribution in [2.45, 2.75) is 18.2 Å². The summed E-state index contributed by atoms with van der Waals surface area (Å²) in [5, 5.41) is 4.02. The Hall–Kier alpha value is -2.68. The quantitative estimate of drug-likeness (QED) is 0.467. The number of para-hydroxylation sites is 1. The SMILES string of the molecule is COCCNS(=O)(=O)c1ccc(C)c(C(=O)NCCc2c[nH]c3ccccc23)c1. The molecule has 0 radical (unpaired) electrons. The van der Waals surface area contributed by atoms with Gasteiger partial charge in [0.2, 0.25) is 10.0 Å². The summed E-state index contributed by atoms with van der Waals surface area (Å²) in [5.74, 6) is -0.295. The molecule has 0 atom stereocenters. The lowest BCUT2D eigenvalue weighted by Gasteiger charge is -2.11. The highest BCUT2D eigenvalue weighted by atomic mass is 32.2. The molecule has 2 aromatic carbocycles. The summed E-state index contributed by atoms with van der Waals surface area (Å²) < 4.78 is 32.1. The third-order valence-corrected chi connectivity index (χ3v) is 6.18. The Morgan fingerprint density at radius 2 is 1.93 bits per heavy atom. The van der Waals surface area contributed by atoms with E-state index in [0.717, 1.165) is 16.5 Å². The minimum atomic E-state index is -3.70. The Labute approximate surface area is 170 Å². The molecule has 3 rings (SSSR count). The summed E-state index contributed by atoms with van der Waals surface area (Å²) in [6, 6.07) is 12.5. The molecule has 3 aromatic rings. The lowest BCUT2D eigenvalue weighted by molar-refractivity contribution is 0.0953. The predicted molar refractivity (Wildman–Crippen MR) is 113 cm³/mol. The van der Waals surface area contributed by atoms with Crippen LogP contribution in [0.25, 0.3) is 10.9 Å². The third kappa shape index (κ3) is 5.03. The lowest BCUT2D eigenvalue weighted by atomic mass is 10.1. The largest absolute Gasteiger partial charge is 0.383 e. The van der Waals surface area contributed by atoms with Gasteiger partial charge < -0.3 is 15.0 Å². The van der Waals surface area contributed by atoms with Gasteiger partial charge in [-0.25, -0.2) is 13.1 Å². The molecule has 0 unspecified atom stereocenters. The molecule has 29 heavy (non-hydrogen) atoms. The molecular formula is C21H25N3O4S. The smallest absolute Gasteiger partial charge is 0.251 e. The van der Waals surface area contributed by atoms with Crippen molar-refractivity contribution < 1.29 is 17.9 Å². The van der Waals surface area contributed by atoms with E-state index >= 15 is 0 Å². The Balaban J connectivity index is 1.67. The zero-order valence-electron chi connectivity index (χ0n) is 16.5. The monoisotopic (exact) mass is 415 g/mol. The van der Waals surface area contributed by atoms with Gasteiger partial charge >= 0.3 is 0 Å². The molecule has 1 heterocycles. The van der Waals surface area contributed by atoms with Crippen LogP contribution >= 0.6 is 0 Å². The average Bonchev–Trinajstić information content (AvgIpc) is 3.11. The number of H-pyrrole nitrogens is 1. The van der Waals surface area contributed by atoms with Gasteiger partial charge in [-0.05, 0) is 42.7 Å². The van der Waals surface area contributed by atoms with Crippen molar-refractivity contribution in [3.8, 4) is 0 Å². The first-order valence-corrected chi connectivity index (χ1v) is 10.8. The van der Waals surface area contributed by atoms with Crippen LogP contribution in [0.15, 0.2) is 53.6 Å². The van der Waals surface area contributed by atoms with Crippen LogP contribution in [-0.4, -0.2) is 46.1 Å². The minimum Gasteiger partial charge on any atom is -0.383 e. The summed E-state index contributed by atoms with van der Waals surface area (Å²) in [6.07, 6.45) is 2.62. The van der Waals surface area contributed by atoms with Crippen LogP contribution in [0.1, 0.15) is 21.5 Å². The number of carbonyl (C=O) groups is 1. The molecule has 7 nitrogen and oxygen atoms in total. The van der Waals surface area contributed by atoms with Crippen LogP contribution in [0.3, 0.4) is 0 Å². The molecule has 0 aliphatic heterocycles. The first kappa shape index (κ1) is 21.0. The number of hydrogen-bond donors (Lipinski definition) is 3. The molecule has 0 saturated heterocycles. The van der Waals surface area contributed by atoms with E-state index in [1.165, 1.54) is 19.2 Å². The van der Waals surface area contributed by atoms with Crippen LogP contribution in [0.2, 0.25) is 0 Å². The van der Waals surface area contributed by atoms with Crippen LogP contribution in [-0.2, 0) is 21.2 Å². The van der Waals surface area contributed by atoms with E-state index in [1.807, 2.05) is 30.5 Å². The number of aromatic nitrogens is 1. The molecule has 154 valence electrons. The van der Waals surface area contributed by atoms with Gasteiger partial charge in [-0.2, -0.15) is 0 Å². The first-order valence-electron chi connectivity index (χ1n) is 9.35. The highest BCUT2D eigenvalue weighted by molar-refractivity contribution is 7.89. The number of rotatable bonds is 9. The van der Waals surface area contributed by atoms with E-state index in [9.17, 15) is 13.2 Å². The Bertz CT molecular complexity index is 1110. The summed E-state index contributed by atoms with van der Waals surface area (Å²) in [6.45, 7) is 2.66. The average molecular weight is 416 g/mol. The van der Waals surface area contributed by atoms with Gasteiger partial charge in [-0.3, -0.25) is 4.79 Å². The maximum Gasteiger partial charge on any atom is 0.251 e. The second kappa shape index (κ2) is 9.21. The van der Waals surface area contributed by atoms with E-state index < -0.39 is 10.0 Å². The molecular weight excluding hydrogens is 390 g/mol. The molecule has 8 heteroatoms. The number of ether oxygens (including phenoxy) is 1. The highest BCUT2D eigenvalue weighted by Crippen LogP contribution is 2.18. The number of aryl methyl sites for hydroxylation is 1. The molecule has 0 bridgehead atoms.